The van der Waals surface area contributed by atoms with E-state index in [2.05, 4.69) is 0 Å². The van der Waals surface area contributed by atoms with Gasteiger partial charge in [-0.1, -0.05) is 30.3 Å². The molecule has 0 unspecified atom stereocenters. The molecule has 0 spiro atoms. The van der Waals surface area contributed by atoms with Crippen LogP contribution in [-0.4, -0.2) is 22.5 Å². The summed E-state index contributed by atoms with van der Waals surface area (Å²) in [4.78, 5) is 15.3. The van der Waals surface area contributed by atoms with Crippen LogP contribution in [0.5, 0.6) is 0 Å². The molecule has 0 bridgehead atoms. The van der Waals surface area contributed by atoms with E-state index in [4.69, 9.17) is 9.47 Å². The highest BCUT2D eigenvalue weighted by atomic mass is 16.6. The lowest BCUT2D eigenvalue weighted by Crippen LogP contribution is -2.30. The Morgan fingerprint density at radius 2 is 2.05 bits per heavy atom. The number of hydrogen-bond acceptors (Lipinski definition) is 4. The summed E-state index contributed by atoms with van der Waals surface area (Å²) in [5.74, 6) is 0. The van der Waals surface area contributed by atoms with E-state index in [0.717, 1.165) is 11.3 Å². The van der Waals surface area contributed by atoms with Crippen molar-refractivity contribution in [2.45, 2.75) is 6.61 Å². The Morgan fingerprint density at radius 3 is 2.90 bits per heavy atom. The molecule has 0 aliphatic carbocycles. The molecule has 0 radical (unpaired) electrons. The van der Waals surface area contributed by atoms with Crippen molar-refractivity contribution in [3.63, 3.8) is 0 Å². The molecule has 0 saturated heterocycles. The maximum absolute atomic E-state index is 12.0. The molecule has 5 nitrogen and oxygen atoms in total. The van der Waals surface area contributed by atoms with E-state index in [9.17, 15) is 4.79 Å². The van der Waals surface area contributed by atoms with Gasteiger partial charge in [-0.2, -0.15) is 0 Å². The van der Waals surface area contributed by atoms with Gasteiger partial charge >= 0.3 is 6.09 Å². The summed E-state index contributed by atoms with van der Waals surface area (Å²) in [5, 5.41) is 0. The topological polar surface area (TPSA) is 42.0 Å². The quantitative estimate of drug-likeness (QED) is 0.828. The van der Waals surface area contributed by atoms with E-state index in [-0.39, 0.29) is 6.61 Å². The Hall–Kier alpha value is -2.69. The Morgan fingerprint density at radius 1 is 1.20 bits per heavy atom. The molecule has 1 amide bonds. The van der Waals surface area contributed by atoms with Gasteiger partial charge in [-0.15, -0.1) is 0 Å². The third kappa shape index (κ3) is 2.66. The monoisotopic (exact) mass is 270 g/mol. The van der Waals surface area contributed by atoms with Gasteiger partial charge in [0.1, 0.15) is 19.5 Å². The van der Waals surface area contributed by atoms with Crippen molar-refractivity contribution in [3.8, 4) is 0 Å². The lowest BCUT2D eigenvalue weighted by molar-refractivity contribution is 0.118. The van der Waals surface area contributed by atoms with Crippen LogP contribution in [0.4, 0.5) is 4.79 Å². The lowest BCUT2D eigenvalue weighted by atomic mass is 10.2. The summed E-state index contributed by atoms with van der Waals surface area (Å²) in [5.41, 5.74) is 1.84. The second kappa shape index (κ2) is 5.52. The first-order valence-electron chi connectivity index (χ1n) is 6.27. The Labute approximate surface area is 117 Å². The number of hydrogen-bond donors (Lipinski definition) is 0. The van der Waals surface area contributed by atoms with Gasteiger partial charge < -0.3 is 14.4 Å². The smallest absolute Gasteiger partial charge is 0.418 e. The van der Waals surface area contributed by atoms with Gasteiger partial charge in [0, 0.05) is 24.8 Å². The van der Waals surface area contributed by atoms with Gasteiger partial charge in [0.2, 0.25) is 0 Å². The SMILES string of the molecule is O=C(OCc1ccccc1)N1C=CN2C=COCC2=C1. The Balaban J connectivity index is 1.61. The lowest BCUT2D eigenvalue weighted by Gasteiger charge is -2.29. The molecular weight excluding hydrogens is 256 g/mol. The number of carbonyl (C=O) groups is 1. The van der Waals surface area contributed by atoms with Gasteiger partial charge in [0.05, 0.1) is 5.70 Å². The minimum Gasteiger partial charge on any atom is -0.493 e. The van der Waals surface area contributed by atoms with Crippen molar-refractivity contribution in [3.05, 3.63) is 72.7 Å². The maximum atomic E-state index is 12.0. The number of rotatable bonds is 2. The van der Waals surface area contributed by atoms with Gasteiger partial charge in [-0.25, -0.2) is 4.79 Å². The molecule has 0 N–H and O–H groups in total. The normalized spacial score (nSPS) is 16.3. The van der Waals surface area contributed by atoms with Crippen molar-refractivity contribution >= 4 is 6.09 Å². The third-order valence-corrected chi connectivity index (χ3v) is 2.97. The largest absolute Gasteiger partial charge is 0.493 e. The number of nitrogens with zero attached hydrogens (tertiary/aromatic N) is 2. The van der Waals surface area contributed by atoms with Gasteiger partial charge in [-0.05, 0) is 5.56 Å². The van der Waals surface area contributed by atoms with Crippen LogP contribution in [0.1, 0.15) is 5.56 Å². The van der Waals surface area contributed by atoms with Crippen LogP contribution in [0.2, 0.25) is 0 Å². The summed E-state index contributed by atoms with van der Waals surface area (Å²) < 4.78 is 10.5. The fraction of sp³-hybridized carbons (Fsp3) is 0.133. The van der Waals surface area contributed by atoms with Crippen molar-refractivity contribution in [2.75, 3.05) is 6.61 Å². The zero-order valence-corrected chi connectivity index (χ0v) is 10.8. The number of amides is 1. The van der Waals surface area contributed by atoms with E-state index < -0.39 is 6.09 Å². The zero-order valence-electron chi connectivity index (χ0n) is 10.8. The van der Waals surface area contributed by atoms with Crippen molar-refractivity contribution in [1.29, 1.82) is 0 Å². The van der Waals surface area contributed by atoms with Crippen LogP contribution < -0.4 is 0 Å². The standard InChI is InChI=1S/C15H14N2O3/c18-15(20-11-13-4-2-1-3-5-13)17-7-6-16-8-9-19-12-14(16)10-17/h1-10H,11-12H2. The maximum Gasteiger partial charge on any atom is 0.418 e. The molecule has 3 rings (SSSR count). The second-order valence-electron chi connectivity index (χ2n) is 4.37. The molecule has 20 heavy (non-hydrogen) atoms. The minimum absolute atomic E-state index is 0.257. The van der Waals surface area contributed by atoms with E-state index in [1.807, 2.05) is 35.2 Å². The van der Waals surface area contributed by atoms with Crippen LogP contribution in [-0.2, 0) is 16.1 Å². The molecule has 0 fully saturated rings. The predicted octanol–water partition coefficient (Wildman–Crippen LogP) is 2.75. The Kier molecular flexibility index (Phi) is 3.41. The third-order valence-electron chi connectivity index (χ3n) is 2.97. The summed E-state index contributed by atoms with van der Waals surface area (Å²) >= 11 is 0. The van der Waals surface area contributed by atoms with Crippen molar-refractivity contribution in [1.82, 2.24) is 9.80 Å². The van der Waals surface area contributed by atoms with Crippen LogP contribution in [0.25, 0.3) is 0 Å². The van der Waals surface area contributed by atoms with Gasteiger partial charge in [-0.3, -0.25) is 4.90 Å². The molecule has 2 aliphatic heterocycles. The highest BCUT2D eigenvalue weighted by Crippen LogP contribution is 2.18. The average Bonchev–Trinajstić information content (AvgIpc) is 2.53. The first-order chi connectivity index (χ1) is 9.83. The minimum atomic E-state index is -0.410. The molecule has 2 aliphatic rings. The molecule has 0 saturated carbocycles. The average molecular weight is 270 g/mol. The van der Waals surface area contributed by atoms with E-state index in [1.165, 1.54) is 4.90 Å². The summed E-state index contributed by atoms with van der Waals surface area (Å²) in [6.45, 7) is 0.691. The summed E-state index contributed by atoms with van der Waals surface area (Å²) in [7, 11) is 0. The number of carbonyl (C=O) groups excluding carboxylic acids is 1. The second-order valence-corrected chi connectivity index (χ2v) is 4.37. The summed E-state index contributed by atoms with van der Waals surface area (Å²) in [6, 6.07) is 9.58. The Bertz CT molecular complexity index is 578. The molecule has 2 heterocycles. The first-order valence-corrected chi connectivity index (χ1v) is 6.27. The van der Waals surface area contributed by atoms with Gasteiger partial charge in [0.25, 0.3) is 0 Å². The van der Waals surface area contributed by atoms with E-state index >= 15 is 0 Å². The molecule has 0 atom stereocenters. The predicted molar refractivity (Wildman–Crippen MR) is 72.6 cm³/mol. The van der Waals surface area contributed by atoms with Crippen LogP contribution >= 0.6 is 0 Å². The molecule has 1 aromatic rings. The van der Waals surface area contributed by atoms with Crippen LogP contribution in [0.15, 0.2) is 67.1 Å². The zero-order chi connectivity index (χ0) is 13.8. The molecule has 0 aromatic heterocycles. The molecule has 1 aromatic carbocycles. The van der Waals surface area contributed by atoms with Gasteiger partial charge in [0.15, 0.2) is 0 Å². The van der Waals surface area contributed by atoms with Crippen molar-refractivity contribution in [2.24, 2.45) is 0 Å². The van der Waals surface area contributed by atoms with Crippen molar-refractivity contribution < 1.29 is 14.3 Å². The number of ether oxygens (including phenoxy) is 2. The molecular formula is C15H14N2O3. The fourth-order valence-electron chi connectivity index (χ4n) is 1.92. The highest BCUT2D eigenvalue weighted by molar-refractivity contribution is 5.70. The summed E-state index contributed by atoms with van der Waals surface area (Å²) in [6.07, 6.45) is 8.15. The van der Waals surface area contributed by atoms with Crippen LogP contribution in [0, 0.1) is 0 Å². The fourth-order valence-corrected chi connectivity index (χ4v) is 1.92. The first kappa shape index (κ1) is 12.3. The number of fused-ring (bicyclic) bond motifs is 1. The highest BCUT2D eigenvalue weighted by Gasteiger charge is 2.19. The number of benzene rings is 1. The van der Waals surface area contributed by atoms with Crippen LogP contribution in [0.3, 0.4) is 0 Å². The molecule has 5 heteroatoms. The van der Waals surface area contributed by atoms with E-state index in [1.54, 1.807) is 31.1 Å². The van der Waals surface area contributed by atoms with E-state index in [0.29, 0.717) is 6.61 Å². The molecule has 102 valence electrons.